The fourth-order valence-corrected chi connectivity index (χ4v) is 4.01. The smallest absolute Gasteiger partial charge is 0.252 e. The average Bonchev–Trinajstić information content (AvgIpc) is 2.93. The van der Waals surface area contributed by atoms with E-state index in [-0.39, 0.29) is 37.6 Å². The first-order valence-corrected chi connectivity index (χ1v) is 12.6. The number of nitrogens with one attached hydrogen (secondary N) is 4. The molecule has 3 rings (SSSR count). The predicted octanol–water partition coefficient (Wildman–Crippen LogP) is -1.43. The molecule has 0 saturated carbocycles. The number of carbonyl (C=O) groups excluding carboxylic acids is 5. The summed E-state index contributed by atoms with van der Waals surface area (Å²) in [5, 5.41) is 19.8. The molecule has 0 spiro atoms. The minimum Gasteiger partial charge on any atom is -0.508 e. The van der Waals surface area contributed by atoms with E-state index in [2.05, 4.69) is 21.3 Å². The summed E-state index contributed by atoms with van der Waals surface area (Å²) < 4.78 is 0. The number of nitrogens with two attached hydrogens (primary N) is 1. The Labute approximate surface area is 226 Å². The van der Waals surface area contributed by atoms with Crippen LogP contribution in [0.25, 0.3) is 0 Å². The Hall–Kier alpha value is -4.29. The summed E-state index contributed by atoms with van der Waals surface area (Å²) in [6.45, 7) is 1.71. The van der Waals surface area contributed by atoms with Gasteiger partial charge >= 0.3 is 0 Å². The van der Waals surface area contributed by atoms with Gasteiger partial charge in [0, 0.05) is 19.5 Å². The van der Waals surface area contributed by atoms with Gasteiger partial charge in [0.1, 0.15) is 17.8 Å². The Morgan fingerprint density at radius 1 is 0.974 bits per heavy atom. The zero-order valence-corrected chi connectivity index (χ0v) is 21.7. The van der Waals surface area contributed by atoms with Crippen LogP contribution >= 0.6 is 0 Å². The summed E-state index contributed by atoms with van der Waals surface area (Å²) in [6, 6.07) is 12.4. The van der Waals surface area contributed by atoms with E-state index in [9.17, 15) is 29.1 Å². The highest BCUT2D eigenvalue weighted by atomic mass is 16.3. The number of rotatable bonds is 11. The summed E-state index contributed by atoms with van der Waals surface area (Å²) in [4.78, 5) is 64.1. The molecule has 5 amide bonds. The third-order valence-electron chi connectivity index (χ3n) is 6.18. The van der Waals surface area contributed by atoms with Gasteiger partial charge in [-0.3, -0.25) is 28.9 Å². The molecule has 0 aliphatic carbocycles. The molecular formula is C27H34N6O6. The van der Waals surface area contributed by atoms with Crippen LogP contribution in [0.3, 0.4) is 0 Å². The predicted molar refractivity (Wildman–Crippen MR) is 142 cm³/mol. The van der Waals surface area contributed by atoms with Crippen LogP contribution in [0.1, 0.15) is 18.1 Å². The number of phenols is 1. The van der Waals surface area contributed by atoms with Crippen molar-refractivity contribution in [3.05, 3.63) is 65.7 Å². The Kier molecular flexibility index (Phi) is 10.5. The van der Waals surface area contributed by atoms with E-state index in [1.54, 1.807) is 24.3 Å². The number of hydrogen-bond donors (Lipinski definition) is 6. The van der Waals surface area contributed by atoms with Crippen molar-refractivity contribution in [1.82, 2.24) is 26.2 Å². The molecule has 3 atom stereocenters. The lowest BCUT2D eigenvalue weighted by Gasteiger charge is -2.29. The van der Waals surface area contributed by atoms with Crippen LogP contribution in [0.15, 0.2) is 54.6 Å². The topological polar surface area (TPSA) is 183 Å². The standard InChI is InChI=1S/C27H34N6O6/c1-17(31-26(38)21(28)13-19-7-9-20(34)10-8-19)25(37)30-15-23(35)32-22(14-18-5-3-2-4-6-18)27(39)33-12-11-29-16-24(33)36/h2-10,17,21-22,29,34H,11-16,28H2,1H3,(H,30,37)(H,31,38)(H,32,35)/t17-,21+,22+/m1/s1. The van der Waals surface area contributed by atoms with E-state index >= 15 is 0 Å². The normalized spacial score (nSPS) is 15.5. The fourth-order valence-electron chi connectivity index (χ4n) is 4.01. The third kappa shape index (κ3) is 8.90. The van der Waals surface area contributed by atoms with Crippen LogP contribution < -0.4 is 27.0 Å². The van der Waals surface area contributed by atoms with Crippen LogP contribution in [-0.4, -0.2) is 83.8 Å². The number of carbonyl (C=O) groups is 5. The lowest BCUT2D eigenvalue weighted by atomic mass is 10.0. The summed E-state index contributed by atoms with van der Waals surface area (Å²) in [5.74, 6) is -2.59. The van der Waals surface area contributed by atoms with Crippen LogP contribution in [0.4, 0.5) is 0 Å². The summed E-state index contributed by atoms with van der Waals surface area (Å²) >= 11 is 0. The lowest BCUT2D eigenvalue weighted by Crippen LogP contribution is -2.58. The highest BCUT2D eigenvalue weighted by molar-refractivity contribution is 6.01. The zero-order valence-electron chi connectivity index (χ0n) is 21.7. The first-order valence-electron chi connectivity index (χ1n) is 12.6. The second-order valence-electron chi connectivity index (χ2n) is 9.30. The van der Waals surface area contributed by atoms with Crippen molar-refractivity contribution in [2.24, 2.45) is 5.73 Å². The summed E-state index contributed by atoms with van der Waals surface area (Å²) in [7, 11) is 0. The number of benzene rings is 2. The van der Waals surface area contributed by atoms with Crippen molar-refractivity contribution in [2.75, 3.05) is 26.2 Å². The molecule has 39 heavy (non-hydrogen) atoms. The molecule has 2 aromatic carbocycles. The molecule has 2 aromatic rings. The highest BCUT2D eigenvalue weighted by Gasteiger charge is 2.31. The quantitative estimate of drug-likeness (QED) is 0.201. The number of phenolic OH excluding ortho intramolecular Hbond substituents is 1. The number of hydrogen-bond acceptors (Lipinski definition) is 8. The molecule has 208 valence electrons. The van der Waals surface area contributed by atoms with Gasteiger partial charge in [-0.05, 0) is 36.6 Å². The first-order chi connectivity index (χ1) is 18.6. The molecule has 0 aromatic heterocycles. The third-order valence-corrected chi connectivity index (χ3v) is 6.18. The van der Waals surface area contributed by atoms with Crippen molar-refractivity contribution in [2.45, 2.75) is 37.9 Å². The maximum absolute atomic E-state index is 13.1. The van der Waals surface area contributed by atoms with E-state index < -0.39 is 48.3 Å². The van der Waals surface area contributed by atoms with Gasteiger partial charge in [-0.15, -0.1) is 0 Å². The van der Waals surface area contributed by atoms with E-state index in [0.717, 1.165) is 16.0 Å². The van der Waals surface area contributed by atoms with Crippen molar-refractivity contribution < 1.29 is 29.1 Å². The minimum atomic E-state index is -1.01. The minimum absolute atomic E-state index is 0.0377. The van der Waals surface area contributed by atoms with Gasteiger partial charge < -0.3 is 32.1 Å². The Bertz CT molecular complexity index is 1170. The number of amides is 5. The largest absolute Gasteiger partial charge is 0.508 e. The van der Waals surface area contributed by atoms with E-state index in [0.29, 0.717) is 6.54 Å². The van der Waals surface area contributed by atoms with E-state index in [4.69, 9.17) is 5.73 Å². The van der Waals surface area contributed by atoms with Gasteiger partial charge in [-0.25, -0.2) is 0 Å². The van der Waals surface area contributed by atoms with Crippen LogP contribution in [0.5, 0.6) is 5.75 Å². The van der Waals surface area contributed by atoms with Crippen LogP contribution in [0.2, 0.25) is 0 Å². The molecule has 1 aliphatic heterocycles. The van der Waals surface area contributed by atoms with Gasteiger partial charge in [-0.2, -0.15) is 0 Å². The van der Waals surface area contributed by atoms with Crippen LogP contribution in [-0.2, 0) is 36.8 Å². The molecule has 1 fully saturated rings. The Balaban J connectivity index is 1.52. The molecule has 1 saturated heterocycles. The molecule has 0 radical (unpaired) electrons. The zero-order chi connectivity index (χ0) is 28.4. The van der Waals surface area contributed by atoms with Gasteiger partial charge in [0.2, 0.25) is 23.6 Å². The van der Waals surface area contributed by atoms with Crippen LogP contribution in [0, 0.1) is 0 Å². The monoisotopic (exact) mass is 538 g/mol. The van der Waals surface area contributed by atoms with Gasteiger partial charge in [0.25, 0.3) is 5.91 Å². The highest BCUT2D eigenvalue weighted by Crippen LogP contribution is 2.11. The Morgan fingerprint density at radius 3 is 2.31 bits per heavy atom. The van der Waals surface area contributed by atoms with E-state index in [1.165, 1.54) is 19.1 Å². The number of nitrogens with zero attached hydrogens (tertiary/aromatic N) is 1. The number of imide groups is 1. The molecule has 0 bridgehead atoms. The van der Waals surface area contributed by atoms with Gasteiger partial charge in [-0.1, -0.05) is 42.5 Å². The van der Waals surface area contributed by atoms with Crippen molar-refractivity contribution in [3.8, 4) is 5.75 Å². The molecule has 12 nitrogen and oxygen atoms in total. The van der Waals surface area contributed by atoms with Gasteiger partial charge in [0.05, 0.1) is 19.1 Å². The second kappa shape index (κ2) is 14.0. The summed E-state index contributed by atoms with van der Waals surface area (Å²) in [6.07, 6.45) is 0.372. The molecule has 7 N–H and O–H groups in total. The number of aromatic hydroxyl groups is 1. The van der Waals surface area contributed by atoms with Crippen molar-refractivity contribution >= 4 is 29.5 Å². The maximum Gasteiger partial charge on any atom is 0.252 e. The Morgan fingerprint density at radius 2 is 1.64 bits per heavy atom. The van der Waals surface area contributed by atoms with Crippen molar-refractivity contribution in [1.29, 1.82) is 0 Å². The fraction of sp³-hybridized carbons (Fsp3) is 0.370. The number of piperazine rings is 1. The average molecular weight is 539 g/mol. The molecule has 1 aliphatic rings. The van der Waals surface area contributed by atoms with Gasteiger partial charge in [0.15, 0.2) is 0 Å². The second-order valence-corrected chi connectivity index (χ2v) is 9.30. The lowest BCUT2D eigenvalue weighted by molar-refractivity contribution is -0.148. The maximum atomic E-state index is 13.1. The molecule has 12 heteroatoms. The molecular weight excluding hydrogens is 504 g/mol. The summed E-state index contributed by atoms with van der Waals surface area (Å²) in [5.41, 5.74) is 7.48. The molecule has 1 heterocycles. The van der Waals surface area contributed by atoms with E-state index in [1.807, 2.05) is 18.2 Å². The SMILES string of the molecule is C[C@@H](NC(=O)[C@@H](N)Cc1ccc(O)cc1)C(=O)NCC(=O)N[C@@H](Cc1ccccc1)C(=O)N1CCNCC1=O. The first kappa shape index (κ1) is 29.3. The molecule has 0 unspecified atom stereocenters. The van der Waals surface area contributed by atoms with Crippen molar-refractivity contribution in [3.63, 3.8) is 0 Å².